The Kier molecular flexibility index (Phi) is 7.66. The van der Waals surface area contributed by atoms with E-state index in [0.29, 0.717) is 6.42 Å². The predicted octanol–water partition coefficient (Wildman–Crippen LogP) is 5.49. The maximum atomic E-state index is 14.9. The van der Waals surface area contributed by atoms with Crippen molar-refractivity contribution < 1.29 is 23.2 Å². The van der Waals surface area contributed by atoms with E-state index in [1.807, 2.05) is 5.32 Å². The van der Waals surface area contributed by atoms with Crippen LogP contribution in [0.25, 0.3) is 0 Å². The van der Waals surface area contributed by atoms with Crippen molar-refractivity contribution >= 4 is 69.6 Å². The zero-order valence-electron chi connectivity index (χ0n) is 17.5. The minimum Gasteiger partial charge on any atom is -0.326 e. The van der Waals surface area contributed by atoms with E-state index in [1.54, 1.807) is 13.0 Å². The van der Waals surface area contributed by atoms with Gasteiger partial charge in [0.1, 0.15) is 21.8 Å². The van der Waals surface area contributed by atoms with Crippen LogP contribution >= 0.6 is 34.8 Å². The van der Waals surface area contributed by atoms with E-state index in [4.69, 9.17) is 40.1 Å². The topological polar surface area (TPSA) is 111 Å². The van der Waals surface area contributed by atoms with E-state index in [0.717, 1.165) is 12.1 Å². The Balaban J connectivity index is 1.80. The first-order valence-corrected chi connectivity index (χ1v) is 11.1. The lowest BCUT2D eigenvalue weighted by Gasteiger charge is -2.14. The lowest BCUT2D eigenvalue weighted by molar-refractivity contribution is -0.118. The summed E-state index contributed by atoms with van der Waals surface area (Å²) in [6.45, 7) is 1.57. The monoisotopic (exact) mass is 528 g/mol. The smallest absolute Gasteiger partial charge is 0.257 e. The van der Waals surface area contributed by atoms with Gasteiger partial charge < -0.3 is 16.0 Å². The van der Waals surface area contributed by atoms with Gasteiger partial charge in [-0.05, 0) is 43.2 Å². The predicted molar refractivity (Wildman–Crippen MR) is 125 cm³/mol. The molecule has 1 fully saturated rings. The first-order chi connectivity index (χ1) is 16.0. The molecule has 3 rings (SSSR count). The van der Waals surface area contributed by atoms with Gasteiger partial charge in [-0.3, -0.25) is 14.4 Å². The van der Waals surface area contributed by atoms with Gasteiger partial charge in [-0.25, -0.2) is 8.78 Å². The van der Waals surface area contributed by atoms with Crippen molar-refractivity contribution in [2.75, 3.05) is 16.0 Å². The standard InChI is InChI=1S/C22H17Cl3F2N4O3/c1-2-10(9-28)19(32)31-18-15(26)5-6-16(17(18)27)30-20(33)12-7-11(3-4-14(12)23)29-21(34)13-8-22(13,24)25/h3-7,10,13H,2,8H2,1H3,(H,29,34)(H,30,33)(H,31,32). The summed E-state index contributed by atoms with van der Waals surface area (Å²) in [6, 6.07) is 7.62. The molecule has 0 bridgehead atoms. The second-order valence-corrected chi connectivity index (χ2v) is 9.47. The van der Waals surface area contributed by atoms with E-state index < -0.39 is 56.9 Å². The van der Waals surface area contributed by atoms with Gasteiger partial charge in [0.15, 0.2) is 5.82 Å². The minimum absolute atomic E-state index is 0.00167. The van der Waals surface area contributed by atoms with Crippen LogP contribution < -0.4 is 16.0 Å². The molecular formula is C22H17Cl3F2N4O3. The fourth-order valence-electron chi connectivity index (χ4n) is 3.00. The molecule has 0 aliphatic heterocycles. The van der Waals surface area contributed by atoms with Gasteiger partial charge in [-0.1, -0.05) is 18.5 Å². The molecule has 1 aliphatic carbocycles. The molecule has 0 saturated heterocycles. The van der Waals surface area contributed by atoms with Crippen molar-refractivity contribution in [3.8, 4) is 6.07 Å². The molecule has 1 aliphatic rings. The normalized spacial score (nSPS) is 16.7. The number of carbonyl (C=O) groups is 3. The number of alkyl halides is 2. The molecule has 2 aromatic carbocycles. The van der Waals surface area contributed by atoms with Crippen molar-refractivity contribution in [3.63, 3.8) is 0 Å². The molecule has 2 unspecified atom stereocenters. The van der Waals surface area contributed by atoms with Crippen molar-refractivity contribution in [1.29, 1.82) is 5.26 Å². The van der Waals surface area contributed by atoms with E-state index in [2.05, 4.69) is 10.6 Å². The maximum Gasteiger partial charge on any atom is 0.257 e. The first-order valence-electron chi connectivity index (χ1n) is 9.96. The van der Waals surface area contributed by atoms with Gasteiger partial charge in [-0.2, -0.15) is 5.26 Å². The highest BCUT2D eigenvalue weighted by molar-refractivity contribution is 6.52. The quantitative estimate of drug-likeness (QED) is 0.412. The molecule has 2 aromatic rings. The van der Waals surface area contributed by atoms with Crippen molar-refractivity contribution in [2.45, 2.75) is 24.1 Å². The Labute approximate surface area is 208 Å². The highest BCUT2D eigenvalue weighted by Crippen LogP contribution is 2.53. The van der Waals surface area contributed by atoms with E-state index in [9.17, 15) is 23.2 Å². The van der Waals surface area contributed by atoms with Crippen LogP contribution in [0.2, 0.25) is 5.02 Å². The summed E-state index contributed by atoms with van der Waals surface area (Å²) < 4.78 is 27.9. The maximum absolute atomic E-state index is 14.9. The van der Waals surface area contributed by atoms with Crippen LogP contribution in [-0.2, 0) is 9.59 Å². The third kappa shape index (κ3) is 5.58. The second kappa shape index (κ2) is 10.1. The lowest BCUT2D eigenvalue weighted by Crippen LogP contribution is -2.23. The number of amides is 3. The Morgan fingerprint density at radius 1 is 1.18 bits per heavy atom. The molecule has 12 heteroatoms. The fraction of sp³-hybridized carbons (Fsp3) is 0.273. The van der Waals surface area contributed by atoms with Crippen molar-refractivity contribution in [2.24, 2.45) is 11.8 Å². The van der Waals surface area contributed by atoms with Gasteiger partial charge >= 0.3 is 0 Å². The van der Waals surface area contributed by atoms with Crippen LogP contribution in [0.3, 0.4) is 0 Å². The molecule has 0 aromatic heterocycles. The molecule has 0 heterocycles. The number of benzene rings is 2. The Morgan fingerprint density at radius 3 is 2.44 bits per heavy atom. The van der Waals surface area contributed by atoms with Crippen LogP contribution in [0.4, 0.5) is 25.8 Å². The highest BCUT2D eigenvalue weighted by atomic mass is 35.5. The number of hydrogen-bond donors (Lipinski definition) is 3. The number of nitrogens with one attached hydrogen (secondary N) is 3. The number of nitriles is 1. The number of rotatable bonds is 7. The zero-order valence-corrected chi connectivity index (χ0v) is 19.8. The van der Waals surface area contributed by atoms with Gasteiger partial charge in [0, 0.05) is 5.69 Å². The number of carbonyl (C=O) groups excluding carboxylic acids is 3. The van der Waals surface area contributed by atoms with Crippen LogP contribution in [0.5, 0.6) is 0 Å². The molecular weight excluding hydrogens is 513 g/mol. The summed E-state index contributed by atoms with van der Waals surface area (Å²) in [6.07, 6.45) is 0.434. The van der Waals surface area contributed by atoms with Gasteiger partial charge in [0.05, 0.1) is 28.3 Å². The number of anilines is 3. The average molecular weight is 530 g/mol. The summed E-state index contributed by atoms with van der Waals surface area (Å²) in [5.41, 5.74) is -1.13. The number of nitrogens with zero attached hydrogens (tertiary/aromatic N) is 1. The van der Waals surface area contributed by atoms with Crippen LogP contribution in [-0.4, -0.2) is 22.1 Å². The summed E-state index contributed by atoms with van der Waals surface area (Å²) in [5.74, 6) is -6.22. The summed E-state index contributed by atoms with van der Waals surface area (Å²) in [4.78, 5) is 37.0. The molecule has 34 heavy (non-hydrogen) atoms. The second-order valence-electron chi connectivity index (χ2n) is 7.52. The molecule has 2 atom stereocenters. The first kappa shape index (κ1) is 25.7. The molecule has 1 saturated carbocycles. The summed E-state index contributed by atoms with van der Waals surface area (Å²) in [7, 11) is 0. The van der Waals surface area contributed by atoms with Gasteiger partial charge in [-0.15, -0.1) is 23.2 Å². The van der Waals surface area contributed by atoms with Crippen LogP contribution in [0, 0.1) is 34.8 Å². The highest BCUT2D eigenvalue weighted by Gasteiger charge is 2.56. The molecule has 178 valence electrons. The lowest BCUT2D eigenvalue weighted by atomic mass is 10.1. The van der Waals surface area contributed by atoms with E-state index in [1.165, 1.54) is 18.2 Å². The Morgan fingerprint density at radius 2 is 1.85 bits per heavy atom. The molecule has 3 amide bonds. The fourth-order valence-corrected chi connectivity index (χ4v) is 3.71. The van der Waals surface area contributed by atoms with Gasteiger partial charge in [0.2, 0.25) is 11.8 Å². The average Bonchev–Trinajstić information content (AvgIpc) is 3.43. The SMILES string of the molecule is CCC(C#N)C(=O)Nc1c(F)ccc(NC(=O)c2cc(NC(=O)C3CC3(Cl)Cl)ccc2Cl)c1F. The van der Waals surface area contributed by atoms with E-state index in [-0.39, 0.29) is 22.7 Å². The molecule has 3 N–H and O–H groups in total. The number of halogens is 5. The molecule has 0 radical (unpaired) electrons. The third-order valence-corrected chi connectivity index (χ3v) is 6.25. The molecule has 0 spiro atoms. The van der Waals surface area contributed by atoms with Gasteiger partial charge in [0.25, 0.3) is 5.91 Å². The summed E-state index contributed by atoms with van der Waals surface area (Å²) >= 11 is 17.9. The Bertz CT molecular complexity index is 1220. The zero-order chi connectivity index (χ0) is 25.2. The van der Waals surface area contributed by atoms with Crippen LogP contribution in [0.15, 0.2) is 30.3 Å². The minimum atomic E-state index is -1.25. The molecule has 7 nitrogen and oxygen atoms in total. The third-order valence-electron chi connectivity index (χ3n) is 5.09. The summed E-state index contributed by atoms with van der Waals surface area (Å²) in [5, 5.41) is 15.8. The number of hydrogen-bond acceptors (Lipinski definition) is 4. The van der Waals surface area contributed by atoms with Crippen molar-refractivity contribution in [3.05, 3.63) is 52.6 Å². The largest absolute Gasteiger partial charge is 0.326 e. The van der Waals surface area contributed by atoms with Crippen molar-refractivity contribution in [1.82, 2.24) is 0 Å². The Hall–Kier alpha value is -2.93. The van der Waals surface area contributed by atoms with Crippen LogP contribution in [0.1, 0.15) is 30.1 Å². The van der Waals surface area contributed by atoms with E-state index >= 15 is 0 Å².